The number of aryl methyl sites for hydroxylation is 2. The van der Waals surface area contributed by atoms with E-state index in [4.69, 9.17) is 0 Å². The van der Waals surface area contributed by atoms with Gasteiger partial charge in [-0.3, -0.25) is 9.59 Å². The fraction of sp³-hybridized carbons (Fsp3) is 0.300. The second-order valence-electron chi connectivity index (χ2n) is 6.91. The van der Waals surface area contributed by atoms with Crippen molar-refractivity contribution in [3.63, 3.8) is 0 Å². The average molecular weight is 482 g/mol. The van der Waals surface area contributed by atoms with Crippen LogP contribution in [0.3, 0.4) is 0 Å². The summed E-state index contributed by atoms with van der Waals surface area (Å²) in [6, 6.07) is 10.0. The maximum Gasteiger partial charge on any atom is 0.254 e. The van der Waals surface area contributed by atoms with Crippen LogP contribution in [0, 0.1) is 13.8 Å². The Bertz CT molecular complexity index is 1030. The summed E-state index contributed by atoms with van der Waals surface area (Å²) in [4.78, 5) is 26.4. The summed E-state index contributed by atoms with van der Waals surface area (Å²) in [6.45, 7) is 3.62. The van der Waals surface area contributed by atoms with E-state index in [-0.39, 0.29) is 22.9 Å². The summed E-state index contributed by atoms with van der Waals surface area (Å²) < 4.78 is 26.3. The molecule has 0 radical (unpaired) electrons. The van der Waals surface area contributed by atoms with Crippen molar-refractivity contribution < 1.29 is 18.0 Å². The van der Waals surface area contributed by atoms with Gasteiger partial charge in [0.05, 0.1) is 11.4 Å². The van der Waals surface area contributed by atoms with E-state index in [0.29, 0.717) is 4.47 Å². The minimum atomic E-state index is -3.73. The number of para-hydroxylation sites is 1. The molecule has 7 nitrogen and oxygen atoms in total. The van der Waals surface area contributed by atoms with E-state index in [1.807, 2.05) is 32.0 Å². The Morgan fingerprint density at radius 2 is 1.62 bits per heavy atom. The van der Waals surface area contributed by atoms with Crippen LogP contribution in [0.2, 0.25) is 0 Å². The molecule has 2 aromatic carbocycles. The third-order valence-corrected chi connectivity index (χ3v) is 7.22. The highest BCUT2D eigenvalue weighted by Crippen LogP contribution is 2.26. The summed E-state index contributed by atoms with van der Waals surface area (Å²) in [7, 11) is 0.603. The quantitative estimate of drug-likeness (QED) is 0.686. The maximum atomic E-state index is 12.7. The largest absolute Gasteiger partial charge is 0.332 e. The van der Waals surface area contributed by atoms with Crippen LogP contribution in [0.15, 0.2) is 45.8 Å². The number of carbonyl (C=O) groups excluding carboxylic acids is 2. The van der Waals surface area contributed by atoms with Crippen LogP contribution >= 0.6 is 15.9 Å². The summed E-state index contributed by atoms with van der Waals surface area (Å²) in [5, 5.41) is 2.83. The van der Waals surface area contributed by atoms with E-state index in [1.165, 1.54) is 44.2 Å². The van der Waals surface area contributed by atoms with Gasteiger partial charge in [0.2, 0.25) is 15.9 Å². The van der Waals surface area contributed by atoms with Crippen molar-refractivity contribution in [2.75, 3.05) is 33.0 Å². The SMILES string of the molecule is Cc1cccc(C)c1NC(=O)CN(C)C(=O)c1ccc(Br)c(S(=O)(=O)N(C)C)c1. The summed E-state index contributed by atoms with van der Waals surface area (Å²) >= 11 is 3.22. The summed E-state index contributed by atoms with van der Waals surface area (Å²) in [5.74, 6) is -0.791. The summed E-state index contributed by atoms with van der Waals surface area (Å²) in [5.41, 5.74) is 2.76. The lowest BCUT2D eigenvalue weighted by molar-refractivity contribution is -0.116. The number of anilines is 1. The Hall–Kier alpha value is -2.23. The molecule has 0 aliphatic heterocycles. The number of sulfonamides is 1. The number of rotatable bonds is 6. The fourth-order valence-corrected chi connectivity index (χ4v) is 4.57. The molecule has 2 aromatic rings. The van der Waals surface area contributed by atoms with Crippen molar-refractivity contribution in [3.8, 4) is 0 Å². The topological polar surface area (TPSA) is 86.8 Å². The average Bonchev–Trinajstić information content (AvgIpc) is 2.64. The maximum absolute atomic E-state index is 12.7. The van der Waals surface area contributed by atoms with Gasteiger partial charge >= 0.3 is 0 Å². The molecule has 156 valence electrons. The number of nitrogens with one attached hydrogen (secondary N) is 1. The van der Waals surface area contributed by atoms with Gasteiger partial charge in [0.15, 0.2) is 0 Å². The molecule has 9 heteroatoms. The van der Waals surface area contributed by atoms with Crippen LogP contribution in [-0.4, -0.2) is 57.1 Å². The van der Waals surface area contributed by atoms with Crippen LogP contribution < -0.4 is 5.32 Å². The van der Waals surface area contributed by atoms with Crippen LogP contribution in [0.5, 0.6) is 0 Å². The number of carbonyl (C=O) groups is 2. The van der Waals surface area contributed by atoms with Crippen LogP contribution in [0.1, 0.15) is 21.5 Å². The lowest BCUT2D eigenvalue weighted by Crippen LogP contribution is -2.35. The van der Waals surface area contributed by atoms with Gasteiger partial charge in [-0.15, -0.1) is 0 Å². The predicted octanol–water partition coefficient (Wildman–Crippen LogP) is 3.03. The normalized spacial score (nSPS) is 11.4. The molecule has 2 rings (SSSR count). The standard InChI is InChI=1S/C20H24BrN3O4S/c1-13-7-6-8-14(2)19(13)22-18(25)12-24(5)20(26)15-9-10-16(21)17(11-15)29(27,28)23(3)4/h6-11H,12H2,1-5H3,(H,22,25). The molecular weight excluding hydrogens is 458 g/mol. The zero-order valence-electron chi connectivity index (χ0n) is 17.0. The molecule has 0 unspecified atom stereocenters. The lowest BCUT2D eigenvalue weighted by atomic mass is 10.1. The van der Waals surface area contributed by atoms with Crippen molar-refractivity contribution in [3.05, 3.63) is 57.6 Å². The molecule has 0 aliphatic rings. The number of benzene rings is 2. The molecule has 0 atom stereocenters. The Morgan fingerprint density at radius 1 is 1.03 bits per heavy atom. The van der Waals surface area contributed by atoms with Gasteiger partial charge in [0, 0.05) is 36.9 Å². The molecular formula is C20H24BrN3O4S. The van der Waals surface area contributed by atoms with Gasteiger partial charge in [0.1, 0.15) is 0 Å². The van der Waals surface area contributed by atoms with E-state index in [9.17, 15) is 18.0 Å². The van der Waals surface area contributed by atoms with Gasteiger partial charge in [-0.25, -0.2) is 12.7 Å². The Labute approximate surface area is 179 Å². The Kier molecular flexibility index (Phi) is 7.20. The molecule has 0 aliphatic carbocycles. The van der Waals surface area contributed by atoms with Crippen molar-refractivity contribution in [1.82, 2.24) is 9.21 Å². The number of nitrogens with zero attached hydrogens (tertiary/aromatic N) is 2. The molecule has 0 spiro atoms. The smallest absolute Gasteiger partial charge is 0.254 e. The lowest BCUT2D eigenvalue weighted by Gasteiger charge is -2.19. The van der Waals surface area contributed by atoms with E-state index in [1.54, 1.807) is 0 Å². The third kappa shape index (κ3) is 5.23. The third-order valence-electron chi connectivity index (χ3n) is 4.41. The highest BCUT2D eigenvalue weighted by atomic mass is 79.9. The van der Waals surface area contributed by atoms with Crippen molar-refractivity contribution in [2.45, 2.75) is 18.7 Å². The number of halogens is 1. The summed E-state index contributed by atoms with van der Waals surface area (Å²) in [6.07, 6.45) is 0. The minimum absolute atomic E-state index is 0.0123. The second-order valence-corrected chi connectivity index (χ2v) is 9.88. The number of hydrogen-bond donors (Lipinski definition) is 1. The molecule has 0 bridgehead atoms. The van der Waals surface area contributed by atoms with Crippen LogP contribution in [0.25, 0.3) is 0 Å². The monoisotopic (exact) mass is 481 g/mol. The van der Waals surface area contributed by atoms with Gasteiger partial charge in [0.25, 0.3) is 5.91 Å². The molecule has 29 heavy (non-hydrogen) atoms. The van der Waals surface area contributed by atoms with Crippen molar-refractivity contribution >= 4 is 43.5 Å². The van der Waals surface area contributed by atoms with E-state index < -0.39 is 15.9 Å². The molecule has 2 amide bonds. The Balaban J connectivity index is 2.19. The first-order valence-electron chi connectivity index (χ1n) is 8.78. The van der Waals surface area contributed by atoms with Gasteiger partial charge in [-0.05, 0) is 59.1 Å². The first-order valence-corrected chi connectivity index (χ1v) is 11.0. The van der Waals surface area contributed by atoms with Gasteiger partial charge < -0.3 is 10.2 Å². The molecule has 0 saturated heterocycles. The first kappa shape index (κ1) is 23.1. The number of hydrogen-bond acceptors (Lipinski definition) is 4. The highest BCUT2D eigenvalue weighted by molar-refractivity contribution is 9.10. The van der Waals surface area contributed by atoms with Gasteiger partial charge in [-0.1, -0.05) is 18.2 Å². The van der Waals surface area contributed by atoms with E-state index in [2.05, 4.69) is 21.2 Å². The minimum Gasteiger partial charge on any atom is -0.332 e. The zero-order valence-corrected chi connectivity index (χ0v) is 19.4. The molecule has 0 heterocycles. The second kappa shape index (κ2) is 9.06. The van der Waals surface area contributed by atoms with E-state index in [0.717, 1.165) is 21.1 Å². The number of amides is 2. The Morgan fingerprint density at radius 3 is 2.17 bits per heavy atom. The molecule has 0 aromatic heterocycles. The van der Waals surface area contributed by atoms with Crippen molar-refractivity contribution in [2.24, 2.45) is 0 Å². The predicted molar refractivity (Wildman–Crippen MR) is 117 cm³/mol. The molecule has 0 fully saturated rings. The molecule has 0 saturated carbocycles. The highest BCUT2D eigenvalue weighted by Gasteiger charge is 2.23. The van der Waals surface area contributed by atoms with Crippen molar-refractivity contribution in [1.29, 1.82) is 0 Å². The number of likely N-dealkylation sites (N-methyl/N-ethyl adjacent to an activating group) is 1. The van der Waals surface area contributed by atoms with E-state index >= 15 is 0 Å². The van der Waals surface area contributed by atoms with Crippen LogP contribution in [-0.2, 0) is 14.8 Å². The zero-order chi connectivity index (χ0) is 21.9. The molecule has 1 N–H and O–H groups in total. The fourth-order valence-electron chi connectivity index (χ4n) is 2.73. The van der Waals surface area contributed by atoms with Crippen LogP contribution in [0.4, 0.5) is 5.69 Å². The first-order chi connectivity index (χ1) is 13.4. The van der Waals surface area contributed by atoms with Gasteiger partial charge in [-0.2, -0.15) is 0 Å².